The minimum atomic E-state index is -3.00. The van der Waals surface area contributed by atoms with Crippen molar-refractivity contribution >= 4 is 31.3 Å². The van der Waals surface area contributed by atoms with E-state index in [1.807, 2.05) is 13.8 Å². The lowest BCUT2D eigenvalue weighted by Gasteiger charge is -2.34. The Morgan fingerprint density at radius 2 is 1.93 bits per heavy atom. The van der Waals surface area contributed by atoms with E-state index in [2.05, 4.69) is 19.6 Å². The fourth-order valence-electron chi connectivity index (χ4n) is 3.36. The van der Waals surface area contributed by atoms with E-state index >= 15 is 0 Å². The fourth-order valence-corrected chi connectivity index (χ4v) is 5.17. The van der Waals surface area contributed by atoms with E-state index in [9.17, 15) is 9.36 Å². The maximum Gasteiger partial charge on any atom is 0.330 e. The molecule has 1 aromatic heterocycles. The maximum absolute atomic E-state index is 12.6. The molecular weight excluding hydrogens is 395 g/mol. The number of nitrogens with two attached hydrogens (primary N) is 1. The highest BCUT2D eigenvalue weighted by Crippen LogP contribution is 2.49. The molecule has 29 heavy (non-hydrogen) atoms. The quantitative estimate of drug-likeness (QED) is 0.342. The van der Waals surface area contributed by atoms with Crippen LogP contribution in [0.15, 0.2) is 12.4 Å². The van der Waals surface area contributed by atoms with Crippen LogP contribution in [0.3, 0.4) is 0 Å². The molecule has 0 unspecified atom stereocenters. The number of rotatable bonds is 10. The summed E-state index contributed by atoms with van der Waals surface area (Å²) >= 11 is 0. The van der Waals surface area contributed by atoms with E-state index in [-0.39, 0.29) is 0 Å². The number of esters is 1. The summed E-state index contributed by atoms with van der Waals surface area (Å²) in [6.07, 6.45) is 7.42. The van der Waals surface area contributed by atoms with Crippen molar-refractivity contribution in [2.45, 2.75) is 33.1 Å². The van der Waals surface area contributed by atoms with Gasteiger partial charge >= 0.3 is 13.6 Å². The molecule has 2 N–H and O–H groups in total. The number of aromatic nitrogens is 2. The molecule has 0 radical (unpaired) electrons. The minimum Gasteiger partial charge on any atom is -0.466 e. The van der Waals surface area contributed by atoms with Crippen molar-refractivity contribution in [2.75, 3.05) is 50.2 Å². The van der Waals surface area contributed by atoms with Crippen molar-refractivity contribution in [3.05, 3.63) is 18.0 Å². The van der Waals surface area contributed by atoms with Gasteiger partial charge in [0.2, 0.25) is 0 Å². The van der Waals surface area contributed by atoms with Gasteiger partial charge in [-0.3, -0.25) is 4.57 Å². The fraction of sp³-hybridized carbons (Fsp3) is 0.632. The van der Waals surface area contributed by atoms with E-state index in [1.54, 1.807) is 6.08 Å². The molecule has 0 saturated carbocycles. The number of anilines is 2. The Balaban J connectivity index is 1.99. The van der Waals surface area contributed by atoms with Crippen LogP contribution in [-0.4, -0.2) is 55.5 Å². The highest BCUT2D eigenvalue weighted by atomic mass is 31.2. The van der Waals surface area contributed by atoms with Crippen LogP contribution >= 0.6 is 7.60 Å². The molecule has 0 bridgehead atoms. The van der Waals surface area contributed by atoms with Crippen LogP contribution < -0.4 is 10.6 Å². The molecule has 2 rings (SSSR count). The van der Waals surface area contributed by atoms with Gasteiger partial charge in [-0.2, -0.15) is 0 Å². The van der Waals surface area contributed by atoms with Gasteiger partial charge in [0.25, 0.3) is 0 Å². The summed E-state index contributed by atoms with van der Waals surface area (Å²) in [5.41, 5.74) is 6.60. The standard InChI is InChI=1S/C19H31N4O5P/c1-4-27-29(25,28-5-2)13-10-15-8-11-23(12-9-15)19-16(6-7-17(24)26-3)18(20)21-14-22-19/h6-7,14-15H,4-5,8-13H2,1-3H3,(H2,20,21,22)/b7-6+. The molecule has 1 aromatic rings. The van der Waals surface area contributed by atoms with Gasteiger partial charge in [0.1, 0.15) is 18.0 Å². The van der Waals surface area contributed by atoms with Gasteiger partial charge in [0, 0.05) is 19.2 Å². The molecule has 1 aliphatic heterocycles. The van der Waals surface area contributed by atoms with Crippen LogP contribution in [-0.2, 0) is 23.1 Å². The number of nitrogens with zero attached hydrogens (tertiary/aromatic N) is 3. The third-order valence-corrected chi connectivity index (χ3v) is 6.97. The largest absolute Gasteiger partial charge is 0.466 e. The molecule has 0 amide bonds. The van der Waals surface area contributed by atoms with Crippen LogP contribution in [0.4, 0.5) is 11.6 Å². The molecule has 0 aromatic carbocycles. The molecule has 162 valence electrons. The zero-order valence-corrected chi connectivity index (χ0v) is 18.3. The van der Waals surface area contributed by atoms with Crippen molar-refractivity contribution in [1.29, 1.82) is 0 Å². The molecule has 1 aliphatic rings. The predicted molar refractivity (Wildman–Crippen MR) is 113 cm³/mol. The first-order valence-corrected chi connectivity index (χ1v) is 11.6. The monoisotopic (exact) mass is 426 g/mol. The number of ether oxygens (including phenoxy) is 1. The average molecular weight is 426 g/mol. The average Bonchev–Trinajstić information content (AvgIpc) is 2.72. The number of carbonyl (C=O) groups excluding carboxylic acids is 1. The van der Waals surface area contributed by atoms with Gasteiger partial charge in [0.05, 0.1) is 32.0 Å². The summed E-state index contributed by atoms with van der Waals surface area (Å²) in [4.78, 5) is 22.0. The van der Waals surface area contributed by atoms with Crippen molar-refractivity contribution in [3.8, 4) is 0 Å². The van der Waals surface area contributed by atoms with E-state index in [0.29, 0.717) is 42.5 Å². The Labute approximate surface area is 172 Å². The number of hydrogen-bond donors (Lipinski definition) is 1. The molecular formula is C19H31N4O5P. The van der Waals surface area contributed by atoms with Gasteiger partial charge in [0.15, 0.2) is 0 Å². The smallest absolute Gasteiger partial charge is 0.330 e. The third kappa shape index (κ3) is 6.80. The predicted octanol–water partition coefficient (Wildman–Crippen LogP) is 3.12. The zero-order chi connectivity index (χ0) is 21.3. The topological polar surface area (TPSA) is 117 Å². The van der Waals surface area contributed by atoms with E-state index in [0.717, 1.165) is 32.4 Å². The highest BCUT2D eigenvalue weighted by Gasteiger charge is 2.28. The Bertz CT molecular complexity index is 740. The van der Waals surface area contributed by atoms with Gasteiger partial charge in [-0.05, 0) is 45.1 Å². The van der Waals surface area contributed by atoms with Gasteiger partial charge in [-0.15, -0.1) is 0 Å². The van der Waals surface area contributed by atoms with Crippen molar-refractivity contribution in [1.82, 2.24) is 9.97 Å². The summed E-state index contributed by atoms with van der Waals surface area (Å²) in [7, 11) is -1.68. The lowest BCUT2D eigenvalue weighted by atomic mass is 9.94. The van der Waals surface area contributed by atoms with Gasteiger partial charge in [-0.1, -0.05) is 0 Å². The first-order valence-electron chi connectivity index (χ1n) is 9.92. The zero-order valence-electron chi connectivity index (χ0n) is 17.4. The first kappa shape index (κ1) is 23.3. The number of piperidine rings is 1. The molecule has 9 nitrogen and oxygen atoms in total. The molecule has 0 spiro atoms. The lowest BCUT2D eigenvalue weighted by Crippen LogP contribution is -2.35. The van der Waals surface area contributed by atoms with Crippen molar-refractivity contribution < 1.29 is 23.1 Å². The van der Waals surface area contributed by atoms with E-state index < -0.39 is 13.6 Å². The normalized spacial score (nSPS) is 15.8. The second-order valence-corrected chi connectivity index (χ2v) is 8.93. The number of carbonyl (C=O) groups is 1. The SMILES string of the molecule is CCOP(=O)(CCC1CCN(c2ncnc(N)c2/C=C/C(=O)OC)CC1)OCC. The summed E-state index contributed by atoms with van der Waals surface area (Å²) in [6, 6.07) is 0. The summed E-state index contributed by atoms with van der Waals surface area (Å²) < 4.78 is 28.0. The van der Waals surface area contributed by atoms with Crippen LogP contribution in [0, 0.1) is 5.92 Å². The van der Waals surface area contributed by atoms with Gasteiger partial charge < -0.3 is 24.4 Å². The highest BCUT2D eigenvalue weighted by molar-refractivity contribution is 7.53. The molecule has 1 fully saturated rings. The van der Waals surface area contributed by atoms with Crippen LogP contribution in [0.5, 0.6) is 0 Å². The molecule has 0 aliphatic carbocycles. The minimum absolute atomic E-state index is 0.312. The van der Waals surface area contributed by atoms with Gasteiger partial charge in [-0.25, -0.2) is 14.8 Å². The van der Waals surface area contributed by atoms with Crippen LogP contribution in [0.25, 0.3) is 6.08 Å². The van der Waals surface area contributed by atoms with E-state index in [1.165, 1.54) is 19.5 Å². The third-order valence-electron chi connectivity index (χ3n) is 4.86. The van der Waals surface area contributed by atoms with Crippen molar-refractivity contribution in [2.24, 2.45) is 5.92 Å². The number of methoxy groups -OCH3 is 1. The summed E-state index contributed by atoms with van der Waals surface area (Å²) in [6.45, 7) is 5.98. The number of hydrogen-bond acceptors (Lipinski definition) is 9. The van der Waals surface area contributed by atoms with Crippen LogP contribution in [0.2, 0.25) is 0 Å². The molecule has 0 atom stereocenters. The molecule has 2 heterocycles. The Hall–Kier alpha value is -1.96. The van der Waals surface area contributed by atoms with E-state index in [4.69, 9.17) is 14.8 Å². The Morgan fingerprint density at radius 1 is 1.28 bits per heavy atom. The van der Waals surface area contributed by atoms with Crippen molar-refractivity contribution in [3.63, 3.8) is 0 Å². The first-order chi connectivity index (χ1) is 13.9. The molecule has 1 saturated heterocycles. The lowest BCUT2D eigenvalue weighted by molar-refractivity contribution is -0.134. The summed E-state index contributed by atoms with van der Waals surface area (Å²) in [5, 5.41) is 0. The maximum atomic E-state index is 12.6. The summed E-state index contributed by atoms with van der Waals surface area (Å²) in [5.74, 6) is 0.983. The second kappa shape index (κ2) is 11.3. The number of nitrogen functional groups attached to an aromatic ring is 1. The Kier molecular flexibility index (Phi) is 9.07. The second-order valence-electron chi connectivity index (χ2n) is 6.74. The van der Waals surface area contributed by atoms with Crippen LogP contribution in [0.1, 0.15) is 38.7 Å². The molecule has 10 heteroatoms. The Morgan fingerprint density at radius 3 is 2.52 bits per heavy atom.